The van der Waals surface area contributed by atoms with E-state index in [4.69, 9.17) is 5.11 Å². The lowest BCUT2D eigenvalue weighted by Crippen LogP contribution is -2.32. The molecule has 6 nitrogen and oxygen atoms in total. The zero-order chi connectivity index (χ0) is 12.6. The number of hydrogen-bond donors (Lipinski definition) is 1. The molecule has 0 aliphatic carbocycles. The summed E-state index contributed by atoms with van der Waals surface area (Å²) in [4.78, 5) is 13.3. The summed E-state index contributed by atoms with van der Waals surface area (Å²) in [6.45, 7) is 5.75. The number of aryl methyl sites for hydroxylation is 1. The zero-order valence-electron chi connectivity index (χ0n) is 10.5. The van der Waals surface area contributed by atoms with Crippen molar-refractivity contribution in [3.63, 3.8) is 0 Å². The van der Waals surface area contributed by atoms with Gasteiger partial charge in [0.15, 0.2) is 0 Å². The van der Waals surface area contributed by atoms with E-state index in [1.165, 1.54) is 0 Å². The summed E-state index contributed by atoms with van der Waals surface area (Å²) in [5, 5.41) is 17.3. The third kappa shape index (κ3) is 2.17. The van der Waals surface area contributed by atoms with Crippen LogP contribution in [0, 0.1) is 12.3 Å². The second kappa shape index (κ2) is 4.10. The molecule has 1 aliphatic rings. The molecule has 0 aromatic carbocycles. The molecule has 1 fully saturated rings. The van der Waals surface area contributed by atoms with E-state index in [9.17, 15) is 4.79 Å². The van der Waals surface area contributed by atoms with Gasteiger partial charge < -0.3 is 9.67 Å². The van der Waals surface area contributed by atoms with Crippen LogP contribution in [0.1, 0.15) is 25.0 Å². The lowest BCUT2D eigenvalue weighted by molar-refractivity contribution is -0.147. The van der Waals surface area contributed by atoms with E-state index in [0.717, 1.165) is 18.2 Å². The molecule has 0 amide bonds. The number of carboxylic acid groups (broad SMARTS) is 1. The van der Waals surface area contributed by atoms with Gasteiger partial charge in [0.25, 0.3) is 0 Å². The van der Waals surface area contributed by atoms with Gasteiger partial charge in [0.2, 0.25) is 0 Å². The maximum absolute atomic E-state index is 11.1. The predicted molar refractivity (Wildman–Crippen MR) is 61.4 cm³/mol. The van der Waals surface area contributed by atoms with Crippen LogP contribution in [-0.2, 0) is 18.4 Å². The first-order valence-corrected chi connectivity index (χ1v) is 5.73. The smallest absolute Gasteiger partial charge is 0.310 e. The molecule has 0 saturated carbocycles. The van der Waals surface area contributed by atoms with Gasteiger partial charge in [-0.15, -0.1) is 10.2 Å². The number of hydrogen-bond acceptors (Lipinski definition) is 4. The number of nitrogens with zero attached hydrogens (tertiary/aromatic N) is 4. The zero-order valence-corrected chi connectivity index (χ0v) is 10.5. The highest BCUT2D eigenvalue weighted by atomic mass is 16.4. The molecular weight excluding hydrogens is 220 g/mol. The van der Waals surface area contributed by atoms with Crippen molar-refractivity contribution >= 4 is 5.97 Å². The van der Waals surface area contributed by atoms with E-state index in [1.807, 2.05) is 18.5 Å². The number of carboxylic acids is 1. The van der Waals surface area contributed by atoms with E-state index in [-0.39, 0.29) is 0 Å². The van der Waals surface area contributed by atoms with Crippen LogP contribution < -0.4 is 0 Å². The molecule has 17 heavy (non-hydrogen) atoms. The Morgan fingerprint density at radius 3 is 2.71 bits per heavy atom. The van der Waals surface area contributed by atoms with Crippen molar-refractivity contribution in [2.75, 3.05) is 13.1 Å². The fourth-order valence-electron chi connectivity index (χ4n) is 2.15. The molecule has 1 saturated heterocycles. The van der Waals surface area contributed by atoms with Gasteiger partial charge in [-0.05, 0) is 26.8 Å². The monoisotopic (exact) mass is 238 g/mol. The average Bonchev–Trinajstić information content (AvgIpc) is 2.78. The Hall–Kier alpha value is -1.43. The number of carbonyl (C=O) groups is 1. The second-order valence-electron chi connectivity index (χ2n) is 5.05. The molecule has 2 heterocycles. The van der Waals surface area contributed by atoms with Crippen LogP contribution in [0.2, 0.25) is 0 Å². The van der Waals surface area contributed by atoms with Gasteiger partial charge in [0.05, 0.1) is 12.0 Å². The number of aromatic nitrogens is 3. The molecule has 1 N–H and O–H groups in total. The molecule has 1 atom stereocenters. The fourth-order valence-corrected chi connectivity index (χ4v) is 2.15. The van der Waals surface area contributed by atoms with Crippen LogP contribution in [-0.4, -0.2) is 43.8 Å². The van der Waals surface area contributed by atoms with Crippen LogP contribution in [0.25, 0.3) is 0 Å². The lowest BCUT2D eigenvalue weighted by atomic mass is 9.90. The summed E-state index contributed by atoms with van der Waals surface area (Å²) in [5.74, 6) is 1.05. The second-order valence-corrected chi connectivity index (χ2v) is 5.05. The minimum absolute atomic E-state index is 0.578. The maximum Gasteiger partial charge on any atom is 0.310 e. The van der Waals surface area contributed by atoms with Crippen LogP contribution in [0.3, 0.4) is 0 Å². The Morgan fingerprint density at radius 2 is 2.24 bits per heavy atom. The van der Waals surface area contributed by atoms with Gasteiger partial charge in [-0.1, -0.05) is 0 Å². The lowest BCUT2D eigenvalue weighted by Gasteiger charge is -2.19. The van der Waals surface area contributed by atoms with E-state index in [1.54, 1.807) is 6.92 Å². The van der Waals surface area contributed by atoms with E-state index in [0.29, 0.717) is 19.5 Å². The topological polar surface area (TPSA) is 71.2 Å². The molecule has 0 spiro atoms. The van der Waals surface area contributed by atoms with Crippen molar-refractivity contribution in [2.45, 2.75) is 26.8 Å². The van der Waals surface area contributed by atoms with Crippen LogP contribution in [0.15, 0.2) is 0 Å². The van der Waals surface area contributed by atoms with E-state index < -0.39 is 11.4 Å². The molecular formula is C11H18N4O2. The van der Waals surface area contributed by atoms with Crippen molar-refractivity contribution in [1.29, 1.82) is 0 Å². The Morgan fingerprint density at radius 1 is 1.53 bits per heavy atom. The van der Waals surface area contributed by atoms with Gasteiger partial charge in [-0.3, -0.25) is 9.69 Å². The third-order valence-electron chi connectivity index (χ3n) is 3.62. The largest absolute Gasteiger partial charge is 0.481 e. The SMILES string of the molecule is Cc1nnc(CN2CCC(C)(C(=O)O)C2)n1C. The van der Waals surface area contributed by atoms with Crippen molar-refractivity contribution in [3.8, 4) is 0 Å². The van der Waals surface area contributed by atoms with Crippen molar-refractivity contribution in [3.05, 3.63) is 11.6 Å². The molecule has 2 rings (SSSR count). The van der Waals surface area contributed by atoms with Gasteiger partial charge in [0.1, 0.15) is 11.6 Å². The summed E-state index contributed by atoms with van der Waals surface area (Å²) in [5.41, 5.74) is -0.617. The highest BCUT2D eigenvalue weighted by molar-refractivity contribution is 5.74. The molecule has 6 heteroatoms. The Bertz CT molecular complexity index is 443. The Kier molecular flexibility index (Phi) is 2.91. The number of aliphatic carboxylic acids is 1. The quantitative estimate of drug-likeness (QED) is 0.826. The first kappa shape index (κ1) is 12.0. The number of likely N-dealkylation sites (tertiary alicyclic amines) is 1. The highest BCUT2D eigenvalue weighted by Crippen LogP contribution is 2.30. The minimum atomic E-state index is -0.714. The van der Waals surface area contributed by atoms with Crippen molar-refractivity contribution in [1.82, 2.24) is 19.7 Å². The van der Waals surface area contributed by atoms with Gasteiger partial charge >= 0.3 is 5.97 Å². The van der Waals surface area contributed by atoms with E-state index in [2.05, 4.69) is 15.1 Å². The summed E-state index contributed by atoms with van der Waals surface area (Å²) < 4.78 is 1.94. The molecule has 1 aliphatic heterocycles. The van der Waals surface area contributed by atoms with Crippen molar-refractivity contribution in [2.24, 2.45) is 12.5 Å². The van der Waals surface area contributed by atoms with Crippen molar-refractivity contribution < 1.29 is 9.90 Å². The normalized spacial score (nSPS) is 25.4. The number of rotatable bonds is 3. The first-order valence-electron chi connectivity index (χ1n) is 5.73. The maximum atomic E-state index is 11.1. The van der Waals surface area contributed by atoms with E-state index >= 15 is 0 Å². The molecule has 94 valence electrons. The van der Waals surface area contributed by atoms with Crippen LogP contribution in [0.4, 0.5) is 0 Å². The summed E-state index contributed by atoms with van der Waals surface area (Å²) in [7, 11) is 1.93. The highest BCUT2D eigenvalue weighted by Gasteiger charge is 2.40. The predicted octanol–water partition coefficient (Wildman–Crippen LogP) is 0.420. The van der Waals surface area contributed by atoms with Gasteiger partial charge in [0, 0.05) is 13.6 Å². The Balaban J connectivity index is 2.03. The fraction of sp³-hybridized carbons (Fsp3) is 0.727. The minimum Gasteiger partial charge on any atom is -0.481 e. The Labute approximate surface area is 100 Å². The van der Waals surface area contributed by atoms with Crippen LogP contribution in [0.5, 0.6) is 0 Å². The van der Waals surface area contributed by atoms with Crippen LogP contribution >= 0.6 is 0 Å². The molecule has 0 radical (unpaired) electrons. The average molecular weight is 238 g/mol. The van der Waals surface area contributed by atoms with Gasteiger partial charge in [-0.2, -0.15) is 0 Å². The molecule has 0 bridgehead atoms. The molecule has 1 unspecified atom stereocenters. The molecule has 1 aromatic rings. The standard InChI is InChI=1S/C11H18N4O2/c1-8-12-13-9(14(8)3)6-15-5-4-11(2,7-15)10(16)17/h4-7H2,1-3H3,(H,16,17). The van der Waals surface area contributed by atoms with Gasteiger partial charge in [-0.25, -0.2) is 0 Å². The summed E-state index contributed by atoms with van der Waals surface area (Å²) >= 11 is 0. The summed E-state index contributed by atoms with van der Waals surface area (Å²) in [6, 6.07) is 0. The first-order chi connectivity index (χ1) is 7.92. The molecule has 1 aromatic heterocycles. The summed E-state index contributed by atoms with van der Waals surface area (Å²) in [6.07, 6.45) is 0.694. The third-order valence-corrected chi connectivity index (χ3v) is 3.62.